The first-order chi connectivity index (χ1) is 10.3. The molecule has 0 bridgehead atoms. The van der Waals surface area contributed by atoms with Crippen molar-refractivity contribution >= 4 is 5.96 Å². The van der Waals surface area contributed by atoms with Gasteiger partial charge in [0, 0.05) is 12.6 Å². The van der Waals surface area contributed by atoms with Gasteiger partial charge in [0.25, 0.3) is 0 Å². The van der Waals surface area contributed by atoms with Gasteiger partial charge in [0.1, 0.15) is 6.54 Å². The van der Waals surface area contributed by atoms with Crippen LogP contribution in [-0.2, 0) is 13.1 Å². The second-order valence-electron chi connectivity index (χ2n) is 6.25. The van der Waals surface area contributed by atoms with Gasteiger partial charge < -0.3 is 11.1 Å². The zero-order valence-electron chi connectivity index (χ0n) is 12.5. The molecule has 3 N–H and O–H groups in total. The first kappa shape index (κ1) is 14.3. The van der Waals surface area contributed by atoms with Crippen LogP contribution in [0.5, 0.6) is 0 Å². The van der Waals surface area contributed by atoms with Gasteiger partial charge in [0.2, 0.25) is 0 Å². The summed E-state index contributed by atoms with van der Waals surface area (Å²) in [5.74, 6) is 2.06. The molecular weight excluding hydrogens is 266 g/mol. The van der Waals surface area contributed by atoms with Crippen molar-refractivity contribution < 1.29 is 0 Å². The average Bonchev–Trinajstić information content (AvgIpc) is 3.22. The maximum atomic E-state index is 6.00. The fourth-order valence-electron chi connectivity index (χ4n) is 2.86. The molecule has 0 aliphatic heterocycles. The molecule has 2 aliphatic carbocycles. The van der Waals surface area contributed by atoms with E-state index in [1.807, 2.05) is 4.68 Å². The minimum Gasteiger partial charge on any atom is -0.370 e. The number of nitrogens with zero attached hydrogens (tertiary/aromatic N) is 5. The lowest BCUT2D eigenvalue weighted by atomic mass is 10.1. The molecule has 2 fully saturated rings. The molecule has 0 aromatic carbocycles. The second kappa shape index (κ2) is 6.87. The quantitative estimate of drug-likeness (QED) is 0.483. The van der Waals surface area contributed by atoms with E-state index in [0.717, 1.165) is 18.3 Å². The van der Waals surface area contributed by atoms with E-state index in [0.29, 0.717) is 18.5 Å². The summed E-state index contributed by atoms with van der Waals surface area (Å²) in [5, 5.41) is 15.2. The van der Waals surface area contributed by atoms with Crippen molar-refractivity contribution in [2.24, 2.45) is 16.6 Å². The Bertz CT molecular complexity index is 469. The van der Waals surface area contributed by atoms with Crippen LogP contribution in [0.25, 0.3) is 0 Å². The third kappa shape index (κ3) is 4.41. The third-order valence-electron chi connectivity index (χ3n) is 4.33. The van der Waals surface area contributed by atoms with Crippen molar-refractivity contribution in [2.75, 3.05) is 0 Å². The number of rotatable bonds is 5. The summed E-state index contributed by atoms with van der Waals surface area (Å²) in [6.07, 6.45) is 10.2. The minimum atomic E-state index is 0.450. The van der Waals surface area contributed by atoms with E-state index in [9.17, 15) is 0 Å². The molecule has 7 nitrogen and oxygen atoms in total. The van der Waals surface area contributed by atoms with Crippen molar-refractivity contribution in [3.8, 4) is 0 Å². The summed E-state index contributed by atoms with van der Waals surface area (Å²) in [4.78, 5) is 4.40. The number of hydrogen-bond donors (Lipinski definition) is 2. The fraction of sp³-hybridized carbons (Fsp3) is 0.857. The van der Waals surface area contributed by atoms with E-state index in [1.54, 1.807) is 0 Å². The molecule has 0 unspecified atom stereocenters. The van der Waals surface area contributed by atoms with Crippen LogP contribution in [0.3, 0.4) is 0 Å². The lowest BCUT2D eigenvalue weighted by molar-refractivity contribution is 0.520. The van der Waals surface area contributed by atoms with Crippen LogP contribution in [0.1, 0.15) is 57.2 Å². The lowest BCUT2D eigenvalue weighted by Crippen LogP contribution is -2.39. The fourth-order valence-corrected chi connectivity index (χ4v) is 2.86. The Labute approximate surface area is 125 Å². The molecule has 1 heterocycles. The highest BCUT2D eigenvalue weighted by Crippen LogP contribution is 2.30. The van der Waals surface area contributed by atoms with Gasteiger partial charge in [-0.05, 0) is 42.0 Å². The molecule has 0 amide bonds. The molecule has 3 rings (SSSR count). The number of tetrazole rings is 1. The van der Waals surface area contributed by atoms with Crippen LogP contribution in [0.15, 0.2) is 4.99 Å². The Morgan fingerprint density at radius 3 is 2.67 bits per heavy atom. The number of nitrogens with one attached hydrogen (secondary N) is 1. The topological polar surface area (TPSA) is 94.0 Å². The largest absolute Gasteiger partial charge is 0.370 e. The van der Waals surface area contributed by atoms with Crippen molar-refractivity contribution in [1.82, 2.24) is 25.5 Å². The first-order valence-corrected chi connectivity index (χ1v) is 8.13. The summed E-state index contributed by atoms with van der Waals surface area (Å²) < 4.78 is 1.86. The summed E-state index contributed by atoms with van der Waals surface area (Å²) in [5.41, 5.74) is 6.00. The Morgan fingerprint density at radius 2 is 1.95 bits per heavy atom. The van der Waals surface area contributed by atoms with Gasteiger partial charge in [-0.25, -0.2) is 9.67 Å². The van der Waals surface area contributed by atoms with Gasteiger partial charge in [-0.2, -0.15) is 0 Å². The zero-order chi connectivity index (χ0) is 14.5. The van der Waals surface area contributed by atoms with Crippen molar-refractivity contribution in [3.05, 3.63) is 5.82 Å². The highest BCUT2D eigenvalue weighted by Gasteiger charge is 2.23. The summed E-state index contributed by atoms with van der Waals surface area (Å²) in [6, 6.07) is 0.471. The van der Waals surface area contributed by atoms with Crippen LogP contribution in [0, 0.1) is 5.92 Å². The summed E-state index contributed by atoms with van der Waals surface area (Å²) in [7, 11) is 0. The predicted octanol–water partition coefficient (Wildman–Crippen LogP) is 1.21. The molecule has 0 spiro atoms. The van der Waals surface area contributed by atoms with E-state index >= 15 is 0 Å². The predicted molar refractivity (Wildman–Crippen MR) is 80.5 cm³/mol. The lowest BCUT2D eigenvalue weighted by Gasteiger charge is -2.16. The van der Waals surface area contributed by atoms with Crippen LogP contribution < -0.4 is 11.1 Å². The Morgan fingerprint density at radius 1 is 1.19 bits per heavy atom. The molecule has 0 saturated heterocycles. The Balaban J connectivity index is 1.51. The van der Waals surface area contributed by atoms with Crippen LogP contribution in [0.2, 0.25) is 0 Å². The second-order valence-corrected chi connectivity index (χ2v) is 6.25. The van der Waals surface area contributed by atoms with E-state index in [2.05, 4.69) is 25.8 Å². The molecule has 1 aromatic heterocycles. The third-order valence-corrected chi connectivity index (χ3v) is 4.33. The highest BCUT2D eigenvalue weighted by atomic mass is 15.5. The Hall–Kier alpha value is -1.66. The number of aliphatic imine (C=N–C) groups is 1. The van der Waals surface area contributed by atoms with Crippen LogP contribution >= 0.6 is 0 Å². The van der Waals surface area contributed by atoms with Crippen molar-refractivity contribution in [2.45, 2.75) is 70.5 Å². The molecule has 0 atom stereocenters. The minimum absolute atomic E-state index is 0.450. The zero-order valence-corrected chi connectivity index (χ0v) is 12.5. The molecule has 21 heavy (non-hydrogen) atoms. The van der Waals surface area contributed by atoms with Crippen LogP contribution in [0.4, 0.5) is 0 Å². The molecule has 116 valence electrons. The smallest absolute Gasteiger partial charge is 0.189 e. The van der Waals surface area contributed by atoms with Crippen molar-refractivity contribution in [3.63, 3.8) is 0 Å². The molecule has 1 aromatic rings. The average molecular weight is 291 g/mol. The van der Waals surface area contributed by atoms with E-state index in [1.165, 1.54) is 51.4 Å². The van der Waals surface area contributed by atoms with Crippen molar-refractivity contribution in [1.29, 1.82) is 0 Å². The van der Waals surface area contributed by atoms with E-state index < -0.39 is 0 Å². The van der Waals surface area contributed by atoms with Gasteiger partial charge >= 0.3 is 0 Å². The van der Waals surface area contributed by atoms with Gasteiger partial charge in [-0.15, -0.1) is 5.10 Å². The first-order valence-electron chi connectivity index (χ1n) is 8.13. The summed E-state index contributed by atoms with van der Waals surface area (Å²) >= 11 is 0. The maximum absolute atomic E-state index is 6.00. The number of aromatic nitrogens is 4. The van der Waals surface area contributed by atoms with Gasteiger partial charge in [-0.3, -0.25) is 0 Å². The van der Waals surface area contributed by atoms with E-state index in [-0.39, 0.29) is 0 Å². The molecule has 0 radical (unpaired) electrons. The van der Waals surface area contributed by atoms with Gasteiger partial charge in [-0.1, -0.05) is 25.7 Å². The highest BCUT2D eigenvalue weighted by molar-refractivity contribution is 5.78. The number of nitrogens with two attached hydrogens (primary N) is 1. The Kier molecular flexibility index (Phi) is 4.67. The SMILES string of the molecule is NC(=NCc1nnnn1CC1CC1)NC1CCCCCC1. The number of hydrogen-bond acceptors (Lipinski definition) is 4. The van der Waals surface area contributed by atoms with Gasteiger partial charge in [0.05, 0.1) is 0 Å². The van der Waals surface area contributed by atoms with E-state index in [4.69, 9.17) is 5.73 Å². The van der Waals surface area contributed by atoms with Gasteiger partial charge in [0.15, 0.2) is 11.8 Å². The monoisotopic (exact) mass is 291 g/mol. The standard InChI is InChI=1S/C14H25N7/c15-14(17-12-5-3-1-2-4-6-12)16-9-13-18-19-20-21(13)10-11-7-8-11/h11-12H,1-10H2,(H3,15,16,17). The normalized spacial score (nSPS) is 21.2. The molecule has 7 heteroatoms. The molecule has 2 aliphatic rings. The summed E-state index contributed by atoms with van der Waals surface area (Å²) in [6.45, 7) is 1.36. The number of guanidine groups is 1. The molecule has 2 saturated carbocycles. The van der Waals surface area contributed by atoms with Crippen LogP contribution in [-0.4, -0.2) is 32.2 Å². The maximum Gasteiger partial charge on any atom is 0.189 e. The molecular formula is C14H25N7.